The molecule has 0 bridgehead atoms. The first-order valence-electron chi connectivity index (χ1n) is 11.1. The lowest BCUT2D eigenvalue weighted by atomic mass is 10.0. The summed E-state index contributed by atoms with van der Waals surface area (Å²) in [5.41, 5.74) is 10.5. The Morgan fingerprint density at radius 2 is 1.76 bits per heavy atom. The quantitative estimate of drug-likeness (QED) is 0.360. The van der Waals surface area contributed by atoms with E-state index in [1.807, 2.05) is 69.3 Å². The molecule has 34 heavy (non-hydrogen) atoms. The van der Waals surface area contributed by atoms with Crippen molar-refractivity contribution >= 4 is 28.5 Å². The van der Waals surface area contributed by atoms with Crippen LogP contribution in [-0.2, 0) is 22.5 Å². The van der Waals surface area contributed by atoms with Crippen molar-refractivity contribution in [3.05, 3.63) is 83.6 Å². The number of carbonyl (C=O) groups excluding carboxylic acids is 2. The molecule has 0 radical (unpaired) electrons. The third-order valence-corrected chi connectivity index (χ3v) is 5.29. The molecule has 0 aliphatic heterocycles. The average molecular weight is 457 g/mol. The Morgan fingerprint density at radius 1 is 1.00 bits per heavy atom. The number of anilines is 1. The highest BCUT2D eigenvalue weighted by Gasteiger charge is 2.20. The van der Waals surface area contributed by atoms with Crippen LogP contribution in [0.25, 0.3) is 22.0 Å². The molecule has 0 unspecified atom stereocenters. The maximum absolute atomic E-state index is 13.2. The predicted octanol–water partition coefficient (Wildman–Crippen LogP) is 4.83. The molecule has 4 aromatic rings. The topological polar surface area (TPSA) is 110 Å². The van der Waals surface area contributed by atoms with Crippen LogP contribution in [0.15, 0.2) is 66.7 Å². The van der Waals surface area contributed by atoms with Gasteiger partial charge in [0.05, 0.1) is 11.9 Å². The highest BCUT2D eigenvalue weighted by atomic mass is 16.6. The van der Waals surface area contributed by atoms with E-state index in [1.54, 1.807) is 18.2 Å². The SMILES string of the molecule is CC(C)(C)OC(=O)Cc1ccccc1NC(=O)c1n[nH]c2ccc(-c3cccc(CN)c3)cc12. The largest absolute Gasteiger partial charge is 0.460 e. The van der Waals surface area contributed by atoms with E-state index in [9.17, 15) is 9.59 Å². The number of esters is 1. The van der Waals surface area contributed by atoms with Crippen LogP contribution in [0.1, 0.15) is 42.4 Å². The highest BCUT2D eigenvalue weighted by Crippen LogP contribution is 2.27. The molecule has 0 spiro atoms. The van der Waals surface area contributed by atoms with Crippen LogP contribution in [0.5, 0.6) is 0 Å². The van der Waals surface area contributed by atoms with Crippen LogP contribution in [0.2, 0.25) is 0 Å². The number of nitrogens with two attached hydrogens (primary N) is 1. The summed E-state index contributed by atoms with van der Waals surface area (Å²) < 4.78 is 5.43. The number of H-pyrrole nitrogens is 1. The van der Waals surface area contributed by atoms with Gasteiger partial charge in [-0.15, -0.1) is 0 Å². The van der Waals surface area contributed by atoms with Gasteiger partial charge in [-0.05, 0) is 67.3 Å². The maximum atomic E-state index is 13.2. The fourth-order valence-electron chi connectivity index (χ4n) is 3.76. The van der Waals surface area contributed by atoms with Gasteiger partial charge in [-0.25, -0.2) is 0 Å². The van der Waals surface area contributed by atoms with Crippen molar-refractivity contribution in [3.63, 3.8) is 0 Å². The third-order valence-electron chi connectivity index (χ3n) is 5.29. The van der Waals surface area contributed by atoms with E-state index in [4.69, 9.17) is 10.5 Å². The summed E-state index contributed by atoms with van der Waals surface area (Å²) in [5, 5.41) is 10.8. The van der Waals surface area contributed by atoms with Gasteiger partial charge in [-0.3, -0.25) is 14.7 Å². The van der Waals surface area contributed by atoms with Gasteiger partial charge in [0.2, 0.25) is 0 Å². The van der Waals surface area contributed by atoms with Crippen molar-refractivity contribution in [2.45, 2.75) is 39.3 Å². The first-order valence-corrected chi connectivity index (χ1v) is 11.1. The molecular weight excluding hydrogens is 428 g/mol. The number of ether oxygens (including phenoxy) is 1. The molecule has 0 aliphatic carbocycles. The van der Waals surface area contributed by atoms with Crippen LogP contribution in [0.3, 0.4) is 0 Å². The second-order valence-electron chi connectivity index (χ2n) is 9.11. The number of benzene rings is 3. The molecule has 1 aromatic heterocycles. The summed E-state index contributed by atoms with van der Waals surface area (Å²) >= 11 is 0. The number of hydrogen-bond donors (Lipinski definition) is 3. The Morgan fingerprint density at radius 3 is 2.53 bits per heavy atom. The number of aromatic nitrogens is 2. The summed E-state index contributed by atoms with van der Waals surface area (Å²) in [7, 11) is 0. The number of carbonyl (C=O) groups is 2. The highest BCUT2D eigenvalue weighted by molar-refractivity contribution is 6.12. The minimum Gasteiger partial charge on any atom is -0.460 e. The van der Waals surface area contributed by atoms with Gasteiger partial charge >= 0.3 is 5.97 Å². The molecule has 4 N–H and O–H groups in total. The smallest absolute Gasteiger partial charge is 0.310 e. The number of nitrogens with zero attached hydrogens (tertiary/aromatic N) is 1. The van der Waals surface area contributed by atoms with Gasteiger partial charge in [0.25, 0.3) is 5.91 Å². The number of rotatable bonds is 6. The van der Waals surface area contributed by atoms with E-state index in [2.05, 4.69) is 15.5 Å². The van der Waals surface area contributed by atoms with E-state index in [0.717, 1.165) is 22.2 Å². The normalized spacial score (nSPS) is 11.4. The molecule has 7 nitrogen and oxygen atoms in total. The summed E-state index contributed by atoms with van der Waals surface area (Å²) in [5.74, 6) is -0.723. The Hall–Kier alpha value is -3.97. The number of hydrogen-bond acceptors (Lipinski definition) is 5. The molecule has 0 saturated heterocycles. The van der Waals surface area contributed by atoms with Gasteiger partial charge in [0, 0.05) is 17.6 Å². The second kappa shape index (κ2) is 9.49. The van der Waals surface area contributed by atoms with Gasteiger partial charge in [0.1, 0.15) is 5.60 Å². The standard InChI is InChI=1S/C27H28N4O3/c1-27(2,3)34-24(32)15-20-8-4-5-10-22(20)29-26(33)25-21-14-19(11-12-23(21)30-31-25)18-9-6-7-17(13-18)16-28/h4-14H,15-16,28H2,1-3H3,(H,29,33)(H,30,31). The van der Waals surface area contributed by atoms with Crippen LogP contribution < -0.4 is 11.1 Å². The molecule has 0 saturated carbocycles. The minimum atomic E-state index is -0.579. The zero-order valence-corrected chi connectivity index (χ0v) is 19.5. The summed E-state index contributed by atoms with van der Waals surface area (Å²) in [6, 6.07) is 21.0. The summed E-state index contributed by atoms with van der Waals surface area (Å²) in [4.78, 5) is 25.5. The number of fused-ring (bicyclic) bond motifs is 1. The lowest BCUT2D eigenvalue weighted by Crippen LogP contribution is -2.25. The molecule has 3 aromatic carbocycles. The maximum Gasteiger partial charge on any atom is 0.310 e. The van der Waals surface area contributed by atoms with Crippen molar-refractivity contribution in [3.8, 4) is 11.1 Å². The minimum absolute atomic E-state index is 0.0523. The van der Waals surface area contributed by atoms with E-state index in [-0.39, 0.29) is 24.0 Å². The number of amides is 1. The van der Waals surface area contributed by atoms with Gasteiger partial charge in [-0.1, -0.05) is 42.5 Å². The summed E-state index contributed by atoms with van der Waals surface area (Å²) in [6.45, 7) is 5.92. The first-order chi connectivity index (χ1) is 16.2. The lowest BCUT2D eigenvalue weighted by Gasteiger charge is -2.20. The van der Waals surface area contributed by atoms with E-state index in [0.29, 0.717) is 23.2 Å². The van der Waals surface area contributed by atoms with Crippen LogP contribution in [0.4, 0.5) is 5.69 Å². The van der Waals surface area contributed by atoms with Crippen molar-refractivity contribution in [2.75, 3.05) is 5.32 Å². The van der Waals surface area contributed by atoms with Gasteiger partial charge < -0.3 is 15.8 Å². The Balaban J connectivity index is 1.60. The predicted molar refractivity (Wildman–Crippen MR) is 133 cm³/mol. The van der Waals surface area contributed by atoms with Crippen molar-refractivity contribution in [1.29, 1.82) is 0 Å². The Bertz CT molecular complexity index is 1350. The second-order valence-corrected chi connectivity index (χ2v) is 9.11. The van der Waals surface area contributed by atoms with Crippen LogP contribution >= 0.6 is 0 Å². The molecule has 1 amide bonds. The molecule has 174 valence electrons. The van der Waals surface area contributed by atoms with Crippen molar-refractivity contribution in [1.82, 2.24) is 10.2 Å². The summed E-state index contributed by atoms with van der Waals surface area (Å²) in [6.07, 6.45) is 0.0523. The molecular formula is C27H28N4O3. The molecule has 0 fully saturated rings. The molecule has 4 rings (SSSR count). The number of nitrogens with one attached hydrogen (secondary N) is 2. The monoisotopic (exact) mass is 456 g/mol. The van der Waals surface area contributed by atoms with Crippen molar-refractivity contribution < 1.29 is 14.3 Å². The Kier molecular flexibility index (Phi) is 6.47. The number of aromatic amines is 1. The van der Waals surface area contributed by atoms with Crippen LogP contribution in [0, 0.1) is 0 Å². The molecule has 1 heterocycles. The molecule has 0 atom stereocenters. The molecule has 7 heteroatoms. The first kappa shape index (κ1) is 23.2. The van der Waals surface area contributed by atoms with Crippen molar-refractivity contribution in [2.24, 2.45) is 5.73 Å². The van der Waals surface area contributed by atoms with Gasteiger partial charge in [-0.2, -0.15) is 5.10 Å². The third kappa shape index (κ3) is 5.32. The zero-order valence-electron chi connectivity index (χ0n) is 19.5. The fourth-order valence-corrected chi connectivity index (χ4v) is 3.76. The van der Waals surface area contributed by atoms with E-state index in [1.165, 1.54) is 0 Å². The van der Waals surface area contributed by atoms with E-state index >= 15 is 0 Å². The zero-order chi connectivity index (χ0) is 24.3. The van der Waals surface area contributed by atoms with Crippen LogP contribution in [-0.4, -0.2) is 27.7 Å². The Labute approximate surface area is 198 Å². The van der Waals surface area contributed by atoms with Gasteiger partial charge in [0.15, 0.2) is 5.69 Å². The molecule has 0 aliphatic rings. The number of para-hydroxylation sites is 1. The van der Waals surface area contributed by atoms with E-state index < -0.39 is 5.60 Å². The lowest BCUT2D eigenvalue weighted by molar-refractivity contribution is -0.153. The fraction of sp³-hybridized carbons (Fsp3) is 0.222. The average Bonchev–Trinajstić information content (AvgIpc) is 3.22.